The average Bonchev–Trinajstić information content (AvgIpc) is 3.50. The number of nitrogens with one attached hydrogen (secondary N) is 1. The zero-order valence-electron chi connectivity index (χ0n) is 18.5. The molecule has 170 valence electrons. The van der Waals surface area contributed by atoms with Gasteiger partial charge in [-0.05, 0) is 37.0 Å². The molecule has 7 nitrogen and oxygen atoms in total. The Bertz CT molecular complexity index is 1150. The standard InChI is InChI=1S/C24H29N3O4S/c1-30-21-13-12-18(16-22(21)31-2)14-15-25-32(28,29)23-17-27(20-10-6-7-11-20)26-24(23)19-8-4-3-5-9-19/h3-5,8-9,12-13,16-17,20,25H,6-7,10-11,14-15H2,1-2H3. The quantitative estimate of drug-likeness (QED) is 0.523. The minimum absolute atomic E-state index is 0.225. The van der Waals surface area contributed by atoms with Crippen molar-refractivity contribution in [2.24, 2.45) is 0 Å². The summed E-state index contributed by atoms with van der Waals surface area (Å²) < 4.78 is 41.7. The van der Waals surface area contributed by atoms with Gasteiger partial charge in [-0.25, -0.2) is 13.1 Å². The molecule has 3 aromatic rings. The van der Waals surface area contributed by atoms with Crippen molar-refractivity contribution in [3.8, 4) is 22.8 Å². The van der Waals surface area contributed by atoms with Gasteiger partial charge in [0.1, 0.15) is 10.6 Å². The van der Waals surface area contributed by atoms with E-state index in [9.17, 15) is 8.42 Å². The summed E-state index contributed by atoms with van der Waals surface area (Å²) in [5.41, 5.74) is 2.25. The summed E-state index contributed by atoms with van der Waals surface area (Å²) in [5, 5.41) is 4.70. The van der Waals surface area contributed by atoms with E-state index in [1.807, 2.05) is 53.2 Å². The van der Waals surface area contributed by atoms with Gasteiger partial charge >= 0.3 is 0 Å². The molecule has 32 heavy (non-hydrogen) atoms. The van der Waals surface area contributed by atoms with Crippen molar-refractivity contribution in [3.05, 3.63) is 60.3 Å². The van der Waals surface area contributed by atoms with Crippen molar-refractivity contribution in [1.29, 1.82) is 0 Å². The smallest absolute Gasteiger partial charge is 0.244 e. The van der Waals surface area contributed by atoms with Crippen LogP contribution >= 0.6 is 0 Å². The fourth-order valence-corrected chi connectivity index (χ4v) is 5.35. The summed E-state index contributed by atoms with van der Waals surface area (Å²) in [7, 11) is -0.570. The van der Waals surface area contributed by atoms with Gasteiger partial charge in [0.2, 0.25) is 10.0 Å². The van der Waals surface area contributed by atoms with Gasteiger partial charge in [-0.3, -0.25) is 4.68 Å². The number of nitrogens with zero attached hydrogens (tertiary/aromatic N) is 2. The van der Waals surface area contributed by atoms with E-state index < -0.39 is 10.0 Å². The molecule has 0 aliphatic heterocycles. The minimum Gasteiger partial charge on any atom is -0.493 e. The van der Waals surface area contributed by atoms with E-state index in [4.69, 9.17) is 14.6 Å². The molecule has 0 unspecified atom stereocenters. The highest BCUT2D eigenvalue weighted by Crippen LogP contribution is 2.33. The Balaban J connectivity index is 1.55. The molecule has 1 aliphatic rings. The van der Waals surface area contributed by atoms with Gasteiger partial charge in [0.15, 0.2) is 11.5 Å². The molecule has 1 aliphatic carbocycles. The summed E-state index contributed by atoms with van der Waals surface area (Å²) in [4.78, 5) is 0.225. The number of ether oxygens (including phenoxy) is 2. The molecule has 1 fully saturated rings. The van der Waals surface area contributed by atoms with E-state index in [0.29, 0.717) is 23.6 Å². The van der Waals surface area contributed by atoms with Gasteiger partial charge in [-0.2, -0.15) is 5.10 Å². The molecule has 0 saturated heterocycles. The molecule has 1 heterocycles. The third-order valence-electron chi connectivity index (χ3n) is 5.89. The molecule has 0 amide bonds. The molecule has 2 aromatic carbocycles. The monoisotopic (exact) mass is 455 g/mol. The second-order valence-corrected chi connectivity index (χ2v) is 9.70. The van der Waals surface area contributed by atoms with E-state index in [-0.39, 0.29) is 17.5 Å². The summed E-state index contributed by atoms with van der Waals surface area (Å²) in [5.74, 6) is 1.26. The lowest BCUT2D eigenvalue weighted by atomic mass is 10.1. The van der Waals surface area contributed by atoms with Crippen LogP contribution in [0.2, 0.25) is 0 Å². The van der Waals surface area contributed by atoms with Gasteiger partial charge in [0.25, 0.3) is 0 Å². The van der Waals surface area contributed by atoms with Crippen LogP contribution in [-0.2, 0) is 16.4 Å². The van der Waals surface area contributed by atoms with Crippen LogP contribution < -0.4 is 14.2 Å². The Morgan fingerprint density at radius 1 is 1.03 bits per heavy atom. The normalized spacial score (nSPS) is 14.6. The molecule has 1 N–H and O–H groups in total. The Morgan fingerprint density at radius 3 is 2.44 bits per heavy atom. The first-order chi connectivity index (χ1) is 15.5. The largest absolute Gasteiger partial charge is 0.493 e. The highest BCUT2D eigenvalue weighted by atomic mass is 32.2. The van der Waals surface area contributed by atoms with Gasteiger partial charge in [-0.15, -0.1) is 0 Å². The molecule has 0 spiro atoms. The number of sulfonamides is 1. The van der Waals surface area contributed by atoms with Crippen molar-refractivity contribution in [2.75, 3.05) is 20.8 Å². The van der Waals surface area contributed by atoms with E-state index in [1.54, 1.807) is 20.4 Å². The number of methoxy groups -OCH3 is 2. The molecular weight excluding hydrogens is 426 g/mol. The number of rotatable bonds is 9. The molecule has 0 atom stereocenters. The third-order valence-corrected chi connectivity index (χ3v) is 7.35. The maximum Gasteiger partial charge on any atom is 0.244 e. The molecule has 4 rings (SSSR count). The van der Waals surface area contributed by atoms with Gasteiger partial charge in [0.05, 0.1) is 20.3 Å². The van der Waals surface area contributed by atoms with Crippen molar-refractivity contribution in [3.63, 3.8) is 0 Å². The Kier molecular flexibility index (Phi) is 6.81. The third kappa shape index (κ3) is 4.81. The average molecular weight is 456 g/mol. The summed E-state index contributed by atoms with van der Waals surface area (Å²) >= 11 is 0. The first-order valence-corrected chi connectivity index (χ1v) is 12.4. The number of benzene rings is 2. The zero-order chi connectivity index (χ0) is 22.6. The van der Waals surface area contributed by atoms with Crippen LogP contribution in [0.15, 0.2) is 59.6 Å². The van der Waals surface area contributed by atoms with Crippen molar-refractivity contribution in [1.82, 2.24) is 14.5 Å². The molecule has 1 saturated carbocycles. The maximum atomic E-state index is 13.3. The van der Waals surface area contributed by atoms with Crippen LogP contribution in [-0.4, -0.2) is 39.0 Å². The van der Waals surface area contributed by atoms with Crippen LogP contribution in [0.25, 0.3) is 11.3 Å². The fourth-order valence-electron chi connectivity index (χ4n) is 4.17. The molecule has 0 bridgehead atoms. The highest BCUT2D eigenvalue weighted by Gasteiger charge is 2.26. The number of hydrogen-bond acceptors (Lipinski definition) is 5. The van der Waals surface area contributed by atoms with Crippen LogP contribution in [0.5, 0.6) is 11.5 Å². The van der Waals surface area contributed by atoms with Crippen molar-refractivity contribution >= 4 is 10.0 Å². The lowest BCUT2D eigenvalue weighted by molar-refractivity contribution is 0.354. The van der Waals surface area contributed by atoms with Gasteiger partial charge in [0, 0.05) is 18.3 Å². The van der Waals surface area contributed by atoms with E-state index in [1.165, 1.54) is 0 Å². The minimum atomic E-state index is -3.74. The SMILES string of the molecule is COc1ccc(CCNS(=O)(=O)c2cn(C3CCCC3)nc2-c2ccccc2)cc1OC. The van der Waals surface area contributed by atoms with Gasteiger partial charge in [-0.1, -0.05) is 49.2 Å². The molecular formula is C24H29N3O4S. The lowest BCUT2D eigenvalue weighted by Gasteiger charge is -2.10. The maximum absolute atomic E-state index is 13.3. The topological polar surface area (TPSA) is 82.5 Å². The molecule has 8 heteroatoms. The summed E-state index contributed by atoms with van der Waals surface area (Å²) in [6.07, 6.45) is 6.58. The fraction of sp³-hybridized carbons (Fsp3) is 0.375. The zero-order valence-corrected chi connectivity index (χ0v) is 19.3. The Morgan fingerprint density at radius 2 is 1.75 bits per heavy atom. The number of hydrogen-bond donors (Lipinski definition) is 1. The van der Waals surface area contributed by atoms with Crippen LogP contribution in [0.3, 0.4) is 0 Å². The van der Waals surface area contributed by atoms with E-state index in [2.05, 4.69) is 4.72 Å². The highest BCUT2D eigenvalue weighted by molar-refractivity contribution is 7.89. The van der Waals surface area contributed by atoms with E-state index >= 15 is 0 Å². The van der Waals surface area contributed by atoms with Gasteiger partial charge < -0.3 is 9.47 Å². The van der Waals surface area contributed by atoms with Crippen LogP contribution in [0, 0.1) is 0 Å². The predicted octanol–water partition coefficient (Wildman–Crippen LogP) is 4.20. The van der Waals surface area contributed by atoms with Crippen molar-refractivity contribution < 1.29 is 17.9 Å². The Labute approximate surface area is 189 Å². The summed E-state index contributed by atoms with van der Waals surface area (Å²) in [6, 6.07) is 15.3. The number of aromatic nitrogens is 2. The van der Waals surface area contributed by atoms with Crippen molar-refractivity contribution in [2.45, 2.75) is 43.0 Å². The van der Waals surface area contributed by atoms with Crippen LogP contribution in [0.1, 0.15) is 37.3 Å². The summed E-state index contributed by atoms with van der Waals surface area (Å²) in [6.45, 7) is 0.265. The predicted molar refractivity (Wildman–Crippen MR) is 124 cm³/mol. The first-order valence-electron chi connectivity index (χ1n) is 10.9. The first kappa shape index (κ1) is 22.4. The lowest BCUT2D eigenvalue weighted by Crippen LogP contribution is -2.26. The van der Waals surface area contributed by atoms with Crippen LogP contribution in [0.4, 0.5) is 0 Å². The second kappa shape index (κ2) is 9.75. The second-order valence-electron chi connectivity index (χ2n) is 7.96. The molecule has 1 aromatic heterocycles. The molecule has 0 radical (unpaired) electrons. The van der Waals surface area contributed by atoms with E-state index in [0.717, 1.165) is 36.8 Å². The Hall–Kier alpha value is -2.84.